The highest BCUT2D eigenvalue weighted by Crippen LogP contribution is 2.37. The van der Waals surface area contributed by atoms with E-state index in [2.05, 4.69) is 89.9 Å². The number of carbonyl (C=O) groups is 6. The molecule has 0 saturated carbocycles. The Morgan fingerprint density at radius 2 is 0.787 bits per heavy atom. The predicted molar refractivity (Wildman–Crippen MR) is 415 cm³/mol. The first kappa shape index (κ1) is 82.1. The summed E-state index contributed by atoms with van der Waals surface area (Å²) >= 11 is 6.17. The van der Waals surface area contributed by atoms with Gasteiger partial charge in [0.15, 0.2) is 0 Å². The number of rotatable bonds is 24. The number of hydrogen-bond donors (Lipinski definition) is 2. The molecule has 0 radical (unpaired) electrons. The summed E-state index contributed by atoms with van der Waals surface area (Å²) in [7, 11) is 3.41. The zero-order valence-corrected chi connectivity index (χ0v) is 64.3. The van der Waals surface area contributed by atoms with E-state index in [1.165, 1.54) is 29.8 Å². The Hall–Kier alpha value is -8.45. The lowest BCUT2D eigenvalue weighted by molar-refractivity contribution is -0.139. The summed E-state index contributed by atoms with van der Waals surface area (Å²) in [6.07, 6.45) is 14.9. The van der Waals surface area contributed by atoms with Gasteiger partial charge in [-0.05, 0) is 158 Å². The fourth-order valence-electron chi connectivity index (χ4n) is 16.7. The molecule has 4 aromatic carbocycles. The second kappa shape index (κ2) is 41.4. The van der Waals surface area contributed by atoms with Crippen LogP contribution in [-0.4, -0.2) is 233 Å². The molecule has 0 spiro atoms. The Labute approximate surface area is 642 Å². The molecule has 6 fully saturated rings. The summed E-state index contributed by atoms with van der Waals surface area (Å²) in [5, 5.41) is 0.702. The van der Waals surface area contributed by atoms with E-state index < -0.39 is 0 Å². The quantitative estimate of drug-likeness (QED) is 0.0575. The van der Waals surface area contributed by atoms with Crippen LogP contribution in [0, 0.1) is 29.4 Å². The molecule has 6 aliphatic heterocycles. The van der Waals surface area contributed by atoms with Crippen LogP contribution in [0.4, 0.5) is 18.4 Å². The lowest BCUT2D eigenvalue weighted by Gasteiger charge is -2.45. The molecule has 5 atom stereocenters. The molecule has 8 amide bonds. The molecule has 4 N–H and O–H groups in total. The van der Waals surface area contributed by atoms with Crippen LogP contribution in [0.3, 0.4) is 0 Å². The molecule has 6 saturated heterocycles. The van der Waals surface area contributed by atoms with Crippen LogP contribution in [0.15, 0.2) is 152 Å². The Balaban J connectivity index is 0.000000173. The Morgan fingerprint density at radius 3 is 1.14 bits per heavy atom. The number of ether oxygens (including phenoxy) is 2. The molecule has 6 aromatic rings. The SMILES string of the molecule is CCCC[C@H]1CN(C(c2ccc(F)cc2)c2ccc(F)cc2)CCN1C(=O)CC1CCN(C(C)=O)CC1.COCC[C@H]1CN(C(c2ccc(Cl)cc2)c2ccccn2)CCN1C(=O)CC1CCN(C(N)=O)CC1.COCC[C@H]1CN(C(c2ccccc2)c2ccccn2)CCN1C(=O)CC1CCN(C(N)=O)CC1. The van der Waals surface area contributed by atoms with Gasteiger partial charge in [-0.15, -0.1) is 0 Å². The highest BCUT2D eigenvalue weighted by Gasteiger charge is 2.40. The Bertz CT molecular complexity index is 3680. The van der Waals surface area contributed by atoms with Crippen molar-refractivity contribution in [3.63, 3.8) is 0 Å². The topological polar surface area (TPSA) is 228 Å². The molecule has 8 heterocycles. The maximum absolute atomic E-state index is 13.7. The second-order valence-corrected chi connectivity index (χ2v) is 30.2. The predicted octanol–water partition coefficient (Wildman–Crippen LogP) is 11.9. The zero-order valence-electron chi connectivity index (χ0n) is 63.5. The molecule has 6 aliphatic rings. The van der Waals surface area contributed by atoms with Crippen molar-refractivity contribution in [2.75, 3.05) is 126 Å². The van der Waals surface area contributed by atoms with Crippen LogP contribution >= 0.6 is 11.6 Å². The van der Waals surface area contributed by atoms with Gasteiger partial charge in [0.25, 0.3) is 0 Å². The molecule has 582 valence electrons. The van der Waals surface area contributed by atoms with Crippen LogP contribution < -0.4 is 11.5 Å². The van der Waals surface area contributed by atoms with Gasteiger partial charge >= 0.3 is 12.1 Å². The number of halogens is 3. The smallest absolute Gasteiger partial charge is 0.314 e. The molecule has 108 heavy (non-hydrogen) atoms. The number of piperazine rings is 3. The number of pyridine rings is 2. The van der Waals surface area contributed by atoms with Crippen molar-refractivity contribution in [1.29, 1.82) is 0 Å². The second-order valence-electron chi connectivity index (χ2n) is 29.8. The summed E-state index contributed by atoms with van der Waals surface area (Å²) in [6.45, 7) is 15.4. The number of methoxy groups -OCH3 is 2. The monoisotopic (exact) mass is 1500 g/mol. The van der Waals surface area contributed by atoms with E-state index >= 15 is 0 Å². The van der Waals surface area contributed by atoms with Crippen molar-refractivity contribution < 1.29 is 47.0 Å². The van der Waals surface area contributed by atoms with Gasteiger partial charge in [-0.2, -0.15) is 0 Å². The van der Waals surface area contributed by atoms with Crippen molar-refractivity contribution in [3.8, 4) is 0 Å². The van der Waals surface area contributed by atoms with Crippen molar-refractivity contribution >= 4 is 47.3 Å². The highest BCUT2D eigenvalue weighted by molar-refractivity contribution is 6.30. The van der Waals surface area contributed by atoms with Crippen molar-refractivity contribution in [1.82, 2.24) is 54.1 Å². The standard InChI is InChI=1S/C30H39F2N3O2.C27H36ClN5O3.C27H37N5O3/c1-3-4-5-28-21-34(18-19-35(28)29(37)20-23-14-16-33(17-15-23)22(2)36)30(24-6-10-26(31)11-7-24)25-8-12-27(32)13-9-25;1-36-17-11-23-19-32(26(24-4-2-3-12-30-24)21-5-7-22(28)8-6-21)15-16-33(23)25(34)18-20-9-13-31(14-10-20)27(29)35;1-35-18-12-23-20-31(26(22-7-3-2-4-8-22)24-9-5-6-13-29-24)16-17-32(23)25(33)19-21-10-14-30(15-11-21)27(28)34/h6-13,23,28,30H,3-5,14-21H2,1-2H3;2-8,12,20,23,26H,9-11,13-19H2,1H3,(H2,29,35);2-9,13,21,23,26H,10-12,14-20H2,1H3,(H2,28,34)/t28-;2*23-,26?/m000/s1. The number of likely N-dealkylation sites (tertiary alicyclic amines) is 3. The summed E-state index contributed by atoms with van der Waals surface area (Å²) in [4.78, 5) is 103. The van der Waals surface area contributed by atoms with E-state index in [0.29, 0.717) is 108 Å². The van der Waals surface area contributed by atoms with Gasteiger partial charge in [0.2, 0.25) is 23.6 Å². The first-order valence-corrected chi connectivity index (χ1v) is 39.3. The minimum absolute atomic E-state index is 0.0242. The third-order valence-electron chi connectivity index (χ3n) is 22.7. The number of urea groups is 2. The molecule has 21 nitrogen and oxygen atoms in total. The van der Waals surface area contributed by atoms with Crippen LogP contribution in [0.5, 0.6) is 0 Å². The normalized spacial score (nSPS) is 20.1. The van der Waals surface area contributed by atoms with E-state index in [1.54, 1.807) is 55.2 Å². The number of amides is 8. The maximum Gasteiger partial charge on any atom is 0.314 e. The van der Waals surface area contributed by atoms with Crippen LogP contribution in [0.25, 0.3) is 0 Å². The van der Waals surface area contributed by atoms with Crippen LogP contribution in [0.1, 0.15) is 156 Å². The first-order chi connectivity index (χ1) is 52.4. The van der Waals surface area contributed by atoms with Crippen LogP contribution in [-0.2, 0) is 28.7 Å². The van der Waals surface area contributed by atoms with E-state index in [0.717, 1.165) is 138 Å². The minimum Gasteiger partial charge on any atom is -0.385 e. The fourth-order valence-corrected chi connectivity index (χ4v) is 16.8. The van der Waals surface area contributed by atoms with Gasteiger partial charge in [0.1, 0.15) is 11.6 Å². The first-order valence-electron chi connectivity index (χ1n) is 38.9. The number of unbranched alkanes of at least 4 members (excludes halogenated alkanes) is 1. The fraction of sp³-hybridized carbons (Fsp3) is 0.524. The summed E-state index contributed by atoms with van der Waals surface area (Å²) in [5.41, 5.74) is 17.1. The lowest BCUT2D eigenvalue weighted by Crippen LogP contribution is -2.56. The molecule has 0 bridgehead atoms. The van der Waals surface area contributed by atoms with Gasteiger partial charge in [-0.3, -0.25) is 43.8 Å². The Morgan fingerprint density at radius 1 is 0.444 bits per heavy atom. The van der Waals surface area contributed by atoms with E-state index in [1.807, 2.05) is 64.7 Å². The molecular formula is C84H112ClF2N13O8. The zero-order chi connectivity index (χ0) is 76.5. The number of carbonyl (C=O) groups excluding carboxylic acids is 6. The highest BCUT2D eigenvalue weighted by atomic mass is 35.5. The number of aromatic nitrogens is 2. The third-order valence-corrected chi connectivity index (χ3v) is 23.0. The van der Waals surface area contributed by atoms with E-state index in [-0.39, 0.29) is 89.5 Å². The number of nitrogens with two attached hydrogens (primary N) is 2. The molecule has 0 aliphatic carbocycles. The van der Waals surface area contributed by atoms with Crippen LogP contribution in [0.2, 0.25) is 5.02 Å². The van der Waals surface area contributed by atoms with Gasteiger partial charge in [-0.1, -0.05) is 110 Å². The van der Waals surface area contributed by atoms with Crippen molar-refractivity contribution in [2.45, 2.75) is 140 Å². The number of benzene rings is 4. The van der Waals surface area contributed by atoms with Crippen molar-refractivity contribution in [2.24, 2.45) is 29.2 Å². The molecule has 2 unspecified atom stereocenters. The summed E-state index contributed by atoms with van der Waals surface area (Å²) in [5.74, 6) is 1.04. The summed E-state index contributed by atoms with van der Waals surface area (Å²) in [6, 6.07) is 42.9. The minimum atomic E-state index is -0.376. The Kier molecular flexibility index (Phi) is 31.4. The van der Waals surface area contributed by atoms with Gasteiger partial charge < -0.3 is 50.3 Å². The summed E-state index contributed by atoms with van der Waals surface area (Å²) < 4.78 is 38.2. The van der Waals surface area contributed by atoms with E-state index in [4.69, 9.17) is 32.5 Å². The lowest BCUT2D eigenvalue weighted by atomic mass is 9.91. The molecule has 2 aromatic heterocycles. The third kappa shape index (κ3) is 23.1. The van der Waals surface area contributed by atoms with Gasteiger partial charge in [-0.25, -0.2) is 18.4 Å². The van der Waals surface area contributed by atoms with E-state index in [9.17, 15) is 37.5 Å². The number of piperidine rings is 3. The van der Waals surface area contributed by atoms with Crippen molar-refractivity contribution in [3.05, 3.63) is 202 Å². The van der Waals surface area contributed by atoms with Gasteiger partial charge in [0.05, 0.1) is 29.5 Å². The molecular weight excluding hydrogens is 1390 g/mol. The molecule has 12 rings (SSSR count). The van der Waals surface area contributed by atoms with Gasteiger partial charge in [0, 0.05) is 187 Å². The number of nitrogens with zero attached hydrogens (tertiary/aromatic N) is 11. The number of hydrogen-bond acceptors (Lipinski definition) is 13. The average molecular weight is 1510 g/mol. The number of primary amides is 2. The largest absolute Gasteiger partial charge is 0.385 e. The average Bonchev–Trinajstić information content (AvgIpc) is 0.804. The maximum atomic E-state index is 13.7. The molecule has 24 heteroatoms.